The van der Waals surface area contributed by atoms with Crippen LogP contribution in [-0.4, -0.2) is 30.1 Å². The predicted octanol–water partition coefficient (Wildman–Crippen LogP) is 4.74. The minimum absolute atomic E-state index is 0.116. The van der Waals surface area contributed by atoms with Gasteiger partial charge in [0.25, 0.3) is 0 Å². The lowest BCUT2D eigenvalue weighted by molar-refractivity contribution is 0.0450. The van der Waals surface area contributed by atoms with Crippen molar-refractivity contribution in [3.63, 3.8) is 0 Å². The van der Waals surface area contributed by atoms with E-state index in [4.69, 9.17) is 21.1 Å². The van der Waals surface area contributed by atoms with E-state index in [1.54, 1.807) is 18.2 Å². The molecule has 0 aliphatic heterocycles. The summed E-state index contributed by atoms with van der Waals surface area (Å²) in [6.07, 6.45) is 3.38. The number of H-pyrrole nitrogens is 1. The fourth-order valence-corrected chi connectivity index (χ4v) is 2.47. The molecule has 0 saturated heterocycles. The number of ether oxygens (including phenoxy) is 2. The number of hydrogen-bond acceptors (Lipinski definition) is 4. The summed E-state index contributed by atoms with van der Waals surface area (Å²) < 4.78 is 10.5. The summed E-state index contributed by atoms with van der Waals surface area (Å²) >= 11 is 5.99. The Morgan fingerprint density at radius 3 is 2.29 bits per heavy atom. The fraction of sp³-hybridized carbons (Fsp3) is 0.444. The van der Waals surface area contributed by atoms with E-state index in [-0.39, 0.29) is 11.3 Å². The number of hydrogen-bond donors (Lipinski definition) is 1. The second-order valence-corrected chi connectivity index (χ2v) is 5.98. The van der Waals surface area contributed by atoms with Crippen LogP contribution in [-0.2, 0) is 9.47 Å². The van der Waals surface area contributed by atoms with Crippen molar-refractivity contribution in [1.29, 1.82) is 0 Å². The Kier molecular flexibility index (Phi) is 6.67. The van der Waals surface area contributed by atoms with Crippen LogP contribution in [0.15, 0.2) is 18.2 Å². The quantitative estimate of drug-likeness (QED) is 0.551. The van der Waals surface area contributed by atoms with E-state index in [1.165, 1.54) is 0 Å². The Morgan fingerprint density at radius 1 is 1.04 bits per heavy atom. The zero-order chi connectivity index (χ0) is 17.5. The SMILES string of the molecule is CCCCOC(=O)c1[nH]c2cc(Cl)ccc2c1C(=O)OCCCC. The molecule has 0 radical (unpaired) electrons. The van der Waals surface area contributed by atoms with Crippen LogP contribution in [0, 0.1) is 0 Å². The highest BCUT2D eigenvalue weighted by Gasteiger charge is 2.25. The Morgan fingerprint density at radius 2 is 1.67 bits per heavy atom. The highest BCUT2D eigenvalue weighted by atomic mass is 35.5. The number of aromatic nitrogens is 1. The molecule has 24 heavy (non-hydrogen) atoms. The van der Waals surface area contributed by atoms with Gasteiger partial charge in [0, 0.05) is 15.9 Å². The minimum Gasteiger partial charge on any atom is -0.462 e. The maximum absolute atomic E-state index is 12.5. The minimum atomic E-state index is -0.557. The number of esters is 2. The Labute approximate surface area is 146 Å². The second-order valence-electron chi connectivity index (χ2n) is 5.54. The number of nitrogens with one attached hydrogen (secondary N) is 1. The van der Waals surface area contributed by atoms with E-state index in [2.05, 4.69) is 4.98 Å². The summed E-state index contributed by atoms with van der Waals surface area (Å²) in [4.78, 5) is 27.7. The number of fused-ring (bicyclic) bond motifs is 1. The molecule has 0 fully saturated rings. The Balaban J connectivity index is 2.35. The van der Waals surface area contributed by atoms with Gasteiger partial charge in [0.1, 0.15) is 5.69 Å². The molecule has 1 aromatic carbocycles. The number of benzene rings is 1. The number of unbranched alkanes of at least 4 members (excludes halogenated alkanes) is 2. The summed E-state index contributed by atoms with van der Waals surface area (Å²) in [5, 5.41) is 1.11. The van der Waals surface area contributed by atoms with Crippen LogP contribution in [0.4, 0.5) is 0 Å². The molecular formula is C18H22ClNO4. The van der Waals surface area contributed by atoms with Gasteiger partial charge in [0.15, 0.2) is 0 Å². The first-order valence-electron chi connectivity index (χ1n) is 8.24. The number of halogens is 1. The van der Waals surface area contributed by atoms with E-state index in [1.807, 2.05) is 13.8 Å². The van der Waals surface area contributed by atoms with Crippen molar-refractivity contribution in [2.45, 2.75) is 39.5 Å². The molecule has 0 spiro atoms. The average Bonchev–Trinajstić information content (AvgIpc) is 2.93. The average molecular weight is 352 g/mol. The van der Waals surface area contributed by atoms with Gasteiger partial charge in [-0.1, -0.05) is 44.4 Å². The van der Waals surface area contributed by atoms with E-state index in [9.17, 15) is 9.59 Å². The zero-order valence-electron chi connectivity index (χ0n) is 14.0. The van der Waals surface area contributed by atoms with Crippen LogP contribution in [0.1, 0.15) is 60.4 Å². The molecule has 0 bridgehead atoms. The van der Waals surface area contributed by atoms with Crippen LogP contribution in [0.25, 0.3) is 10.9 Å². The standard InChI is InChI=1S/C18H22ClNO4/c1-3-5-9-23-17(21)15-13-8-7-12(19)11-14(13)20-16(15)18(22)24-10-6-4-2/h7-8,11,20H,3-6,9-10H2,1-2H3. The van der Waals surface area contributed by atoms with Crippen LogP contribution in [0.3, 0.4) is 0 Å². The smallest absolute Gasteiger partial charge is 0.355 e. The molecule has 6 heteroatoms. The third-order valence-electron chi connectivity index (χ3n) is 3.63. The second kappa shape index (κ2) is 8.73. The van der Waals surface area contributed by atoms with Gasteiger partial charge in [-0.2, -0.15) is 0 Å². The molecular weight excluding hydrogens is 330 g/mol. The van der Waals surface area contributed by atoms with Gasteiger partial charge in [-0.3, -0.25) is 0 Å². The molecule has 0 aliphatic rings. The predicted molar refractivity (Wildman–Crippen MR) is 93.7 cm³/mol. The van der Waals surface area contributed by atoms with Gasteiger partial charge in [-0.15, -0.1) is 0 Å². The Hall–Kier alpha value is -2.01. The third kappa shape index (κ3) is 4.29. The number of carbonyl (C=O) groups is 2. The molecule has 130 valence electrons. The first-order chi connectivity index (χ1) is 11.6. The first kappa shape index (κ1) is 18.3. The van der Waals surface area contributed by atoms with Crippen molar-refractivity contribution in [2.24, 2.45) is 0 Å². The van der Waals surface area contributed by atoms with Crippen molar-refractivity contribution >= 4 is 34.4 Å². The van der Waals surface area contributed by atoms with Gasteiger partial charge >= 0.3 is 11.9 Å². The van der Waals surface area contributed by atoms with Crippen molar-refractivity contribution in [2.75, 3.05) is 13.2 Å². The molecule has 0 saturated carbocycles. The van der Waals surface area contributed by atoms with Gasteiger partial charge in [-0.05, 0) is 25.0 Å². The molecule has 1 N–H and O–H groups in total. The lowest BCUT2D eigenvalue weighted by atomic mass is 10.1. The van der Waals surface area contributed by atoms with Crippen LogP contribution in [0.2, 0.25) is 5.02 Å². The van der Waals surface area contributed by atoms with Crippen molar-refractivity contribution < 1.29 is 19.1 Å². The third-order valence-corrected chi connectivity index (χ3v) is 3.87. The summed E-state index contributed by atoms with van der Waals surface area (Å²) in [6.45, 7) is 4.66. The van der Waals surface area contributed by atoms with E-state index in [0.29, 0.717) is 29.1 Å². The summed E-state index contributed by atoms with van der Waals surface area (Å²) in [7, 11) is 0. The number of carbonyl (C=O) groups excluding carboxylic acids is 2. The molecule has 5 nitrogen and oxygen atoms in total. The van der Waals surface area contributed by atoms with Crippen LogP contribution in [0.5, 0.6) is 0 Å². The van der Waals surface area contributed by atoms with Crippen LogP contribution >= 0.6 is 11.6 Å². The summed E-state index contributed by atoms with van der Waals surface area (Å²) in [6, 6.07) is 5.04. The molecule has 1 heterocycles. The molecule has 0 amide bonds. The Bertz CT molecular complexity index is 723. The fourth-order valence-electron chi connectivity index (χ4n) is 2.30. The van der Waals surface area contributed by atoms with Crippen molar-refractivity contribution in [1.82, 2.24) is 4.98 Å². The van der Waals surface area contributed by atoms with Gasteiger partial charge < -0.3 is 14.5 Å². The highest BCUT2D eigenvalue weighted by Crippen LogP contribution is 2.27. The molecule has 0 atom stereocenters. The maximum atomic E-state index is 12.5. The van der Waals surface area contributed by atoms with Gasteiger partial charge in [0.05, 0.1) is 18.8 Å². The van der Waals surface area contributed by atoms with Gasteiger partial charge in [-0.25, -0.2) is 9.59 Å². The largest absolute Gasteiger partial charge is 0.462 e. The van der Waals surface area contributed by atoms with Crippen molar-refractivity contribution in [3.05, 3.63) is 34.5 Å². The lowest BCUT2D eigenvalue weighted by Crippen LogP contribution is -2.14. The van der Waals surface area contributed by atoms with E-state index < -0.39 is 11.9 Å². The summed E-state index contributed by atoms with van der Waals surface area (Å²) in [5.74, 6) is -1.09. The van der Waals surface area contributed by atoms with Crippen LogP contribution < -0.4 is 0 Å². The first-order valence-corrected chi connectivity index (χ1v) is 8.61. The zero-order valence-corrected chi connectivity index (χ0v) is 14.7. The normalized spacial score (nSPS) is 10.8. The van der Waals surface area contributed by atoms with E-state index in [0.717, 1.165) is 25.7 Å². The topological polar surface area (TPSA) is 68.4 Å². The monoisotopic (exact) mass is 351 g/mol. The maximum Gasteiger partial charge on any atom is 0.355 e. The molecule has 2 rings (SSSR count). The molecule has 2 aromatic rings. The van der Waals surface area contributed by atoms with Gasteiger partial charge in [0.2, 0.25) is 0 Å². The molecule has 0 unspecified atom stereocenters. The molecule has 1 aromatic heterocycles. The van der Waals surface area contributed by atoms with Crippen molar-refractivity contribution in [3.8, 4) is 0 Å². The number of rotatable bonds is 8. The lowest BCUT2D eigenvalue weighted by Gasteiger charge is -2.06. The van der Waals surface area contributed by atoms with E-state index >= 15 is 0 Å². The molecule has 0 aliphatic carbocycles. The summed E-state index contributed by atoms with van der Waals surface area (Å²) in [5.41, 5.74) is 0.927. The highest BCUT2D eigenvalue weighted by molar-refractivity contribution is 6.31. The number of aromatic amines is 1.